The summed E-state index contributed by atoms with van der Waals surface area (Å²) in [4.78, 5) is 0. The number of nitrogens with one attached hydrogen (secondary N) is 1. The normalized spacial score (nSPS) is 36.3. The molecule has 15 heavy (non-hydrogen) atoms. The zero-order valence-electron chi connectivity index (χ0n) is 8.94. The number of rotatable bonds is 2. The minimum absolute atomic E-state index is 0.0448. The van der Waals surface area contributed by atoms with Gasteiger partial charge >= 0.3 is 0 Å². The maximum absolute atomic E-state index is 11.8. The first-order valence-electron chi connectivity index (χ1n) is 5.75. The second-order valence-corrected chi connectivity index (χ2v) is 6.79. The molecule has 2 saturated heterocycles. The van der Waals surface area contributed by atoms with E-state index in [4.69, 9.17) is 4.74 Å². The number of sulfone groups is 1. The fourth-order valence-corrected chi connectivity index (χ4v) is 4.23. The fraction of sp³-hybridized carbons (Fsp3) is 1.00. The average molecular weight is 233 g/mol. The van der Waals surface area contributed by atoms with Gasteiger partial charge in [-0.25, -0.2) is 8.42 Å². The van der Waals surface area contributed by atoms with E-state index in [1.807, 2.05) is 0 Å². The van der Waals surface area contributed by atoms with E-state index in [9.17, 15) is 8.42 Å². The lowest BCUT2D eigenvalue weighted by Crippen LogP contribution is -2.43. The van der Waals surface area contributed by atoms with Crippen molar-refractivity contribution in [3.05, 3.63) is 0 Å². The predicted octanol–water partition coefficient (Wildman–Crippen LogP) is 0.680. The number of ether oxygens (including phenoxy) is 1. The summed E-state index contributed by atoms with van der Waals surface area (Å²) >= 11 is 0. The maximum Gasteiger partial charge on any atom is 0.153 e. The lowest BCUT2D eigenvalue weighted by atomic mass is 10.1. The summed E-state index contributed by atoms with van der Waals surface area (Å²) in [6, 6.07) is 0. The van der Waals surface area contributed by atoms with Gasteiger partial charge in [-0.05, 0) is 25.8 Å². The minimum atomic E-state index is -2.84. The van der Waals surface area contributed by atoms with Crippen molar-refractivity contribution in [1.82, 2.24) is 5.32 Å². The van der Waals surface area contributed by atoms with Gasteiger partial charge in [-0.3, -0.25) is 5.32 Å². The monoisotopic (exact) mass is 233 g/mol. The summed E-state index contributed by atoms with van der Waals surface area (Å²) in [5.41, 5.74) is 0. The van der Waals surface area contributed by atoms with E-state index < -0.39 is 9.84 Å². The molecule has 0 aliphatic carbocycles. The molecule has 1 N–H and O–H groups in total. The molecule has 0 amide bonds. The van der Waals surface area contributed by atoms with Crippen LogP contribution < -0.4 is 5.32 Å². The molecule has 4 nitrogen and oxygen atoms in total. The van der Waals surface area contributed by atoms with E-state index in [1.54, 1.807) is 0 Å². The maximum atomic E-state index is 11.8. The van der Waals surface area contributed by atoms with E-state index >= 15 is 0 Å². The Hall–Kier alpha value is -0.130. The van der Waals surface area contributed by atoms with E-state index in [-0.39, 0.29) is 11.5 Å². The molecule has 5 heteroatoms. The van der Waals surface area contributed by atoms with Gasteiger partial charge < -0.3 is 4.74 Å². The third-order valence-electron chi connectivity index (χ3n) is 3.20. The van der Waals surface area contributed by atoms with Crippen molar-refractivity contribution in [3.8, 4) is 0 Å². The van der Waals surface area contributed by atoms with Crippen LogP contribution in [0.1, 0.15) is 32.1 Å². The van der Waals surface area contributed by atoms with Gasteiger partial charge in [0.25, 0.3) is 0 Å². The summed E-state index contributed by atoms with van der Waals surface area (Å²) in [5.74, 6) is 0.365. The Bertz CT molecular complexity index is 296. The molecule has 2 aliphatic heterocycles. The smallest absolute Gasteiger partial charge is 0.153 e. The molecule has 0 aromatic rings. The lowest BCUT2D eigenvalue weighted by molar-refractivity contribution is -0.00463. The molecular weight excluding hydrogens is 214 g/mol. The average Bonchev–Trinajstić information content (AvgIpc) is 2.23. The molecule has 2 atom stereocenters. The first kappa shape index (κ1) is 11.4. The first-order chi connectivity index (χ1) is 7.18. The molecule has 0 spiro atoms. The van der Waals surface area contributed by atoms with Gasteiger partial charge in [0.05, 0.1) is 11.0 Å². The van der Waals surface area contributed by atoms with Gasteiger partial charge in [-0.2, -0.15) is 0 Å². The Kier molecular flexibility index (Phi) is 3.64. The number of hydrogen-bond acceptors (Lipinski definition) is 4. The molecule has 2 fully saturated rings. The molecule has 2 aliphatic rings. The van der Waals surface area contributed by atoms with Crippen molar-refractivity contribution in [3.63, 3.8) is 0 Å². The fourth-order valence-electron chi connectivity index (χ4n) is 2.30. The molecule has 2 unspecified atom stereocenters. The second-order valence-electron chi connectivity index (χ2n) is 4.39. The molecule has 0 aromatic carbocycles. The van der Waals surface area contributed by atoms with Crippen LogP contribution in [-0.2, 0) is 14.6 Å². The zero-order chi connectivity index (χ0) is 10.7. The van der Waals surface area contributed by atoms with E-state index in [2.05, 4.69) is 5.32 Å². The standard InChI is InChI=1S/C10H19NO3S/c12-15(13)7-2-1-4-9(15)8-10-11-5-3-6-14-10/h9-11H,1-8H2. The van der Waals surface area contributed by atoms with Gasteiger partial charge in [0, 0.05) is 13.0 Å². The topological polar surface area (TPSA) is 55.4 Å². The summed E-state index contributed by atoms with van der Waals surface area (Å²) in [7, 11) is -2.84. The van der Waals surface area contributed by atoms with Crippen molar-refractivity contribution in [2.45, 2.75) is 43.6 Å². The number of hydrogen-bond donors (Lipinski definition) is 1. The third kappa shape index (κ3) is 2.92. The van der Waals surface area contributed by atoms with Gasteiger partial charge in [-0.1, -0.05) is 6.42 Å². The molecule has 0 aromatic heterocycles. The van der Waals surface area contributed by atoms with Crippen LogP contribution >= 0.6 is 0 Å². The lowest BCUT2D eigenvalue weighted by Gasteiger charge is -2.29. The van der Waals surface area contributed by atoms with Crippen LogP contribution in [0.3, 0.4) is 0 Å². The van der Waals surface area contributed by atoms with Gasteiger partial charge in [0.15, 0.2) is 9.84 Å². The van der Waals surface area contributed by atoms with Crippen molar-refractivity contribution >= 4 is 9.84 Å². The molecule has 2 heterocycles. The quantitative estimate of drug-likeness (QED) is 0.762. The summed E-state index contributed by atoms with van der Waals surface area (Å²) in [5, 5.41) is 3.04. The van der Waals surface area contributed by atoms with E-state index in [0.717, 1.165) is 38.8 Å². The molecule has 2 rings (SSSR count). The highest BCUT2D eigenvalue weighted by molar-refractivity contribution is 7.92. The predicted molar refractivity (Wildman–Crippen MR) is 58.4 cm³/mol. The van der Waals surface area contributed by atoms with Crippen LogP contribution in [0.2, 0.25) is 0 Å². The Morgan fingerprint density at radius 1 is 1.27 bits per heavy atom. The van der Waals surface area contributed by atoms with Crippen molar-refractivity contribution < 1.29 is 13.2 Å². The van der Waals surface area contributed by atoms with Crippen molar-refractivity contribution in [2.24, 2.45) is 0 Å². The first-order valence-corrected chi connectivity index (χ1v) is 7.46. The van der Waals surface area contributed by atoms with Crippen LogP contribution in [0.25, 0.3) is 0 Å². The van der Waals surface area contributed by atoms with Crippen LogP contribution in [0.5, 0.6) is 0 Å². The Balaban J connectivity index is 1.91. The molecule has 0 bridgehead atoms. The Labute approximate surface area is 91.3 Å². The van der Waals surface area contributed by atoms with Crippen molar-refractivity contribution in [1.29, 1.82) is 0 Å². The second kappa shape index (κ2) is 4.80. The van der Waals surface area contributed by atoms with Crippen LogP contribution in [0.15, 0.2) is 0 Å². The summed E-state index contributed by atoms with van der Waals surface area (Å²) in [6.07, 6.45) is 4.28. The zero-order valence-corrected chi connectivity index (χ0v) is 9.76. The van der Waals surface area contributed by atoms with Crippen LogP contribution in [0.4, 0.5) is 0 Å². The van der Waals surface area contributed by atoms with Crippen LogP contribution in [-0.4, -0.2) is 38.8 Å². The van der Waals surface area contributed by atoms with Gasteiger partial charge in [0.2, 0.25) is 0 Å². The van der Waals surface area contributed by atoms with Gasteiger partial charge in [-0.15, -0.1) is 0 Å². The Morgan fingerprint density at radius 2 is 2.13 bits per heavy atom. The van der Waals surface area contributed by atoms with E-state index in [0.29, 0.717) is 12.2 Å². The van der Waals surface area contributed by atoms with Crippen molar-refractivity contribution in [2.75, 3.05) is 18.9 Å². The highest BCUT2D eigenvalue weighted by atomic mass is 32.2. The van der Waals surface area contributed by atoms with Gasteiger partial charge in [0.1, 0.15) is 6.23 Å². The molecule has 88 valence electrons. The summed E-state index contributed by atoms with van der Waals surface area (Å²) < 4.78 is 29.0. The van der Waals surface area contributed by atoms with E-state index in [1.165, 1.54) is 0 Å². The minimum Gasteiger partial charge on any atom is -0.363 e. The highest BCUT2D eigenvalue weighted by Crippen LogP contribution is 2.24. The largest absolute Gasteiger partial charge is 0.363 e. The molecule has 0 saturated carbocycles. The molecular formula is C10H19NO3S. The molecule has 0 radical (unpaired) electrons. The third-order valence-corrected chi connectivity index (χ3v) is 5.50. The Morgan fingerprint density at radius 3 is 2.80 bits per heavy atom. The van der Waals surface area contributed by atoms with Crippen LogP contribution in [0, 0.1) is 0 Å². The summed E-state index contributed by atoms with van der Waals surface area (Å²) in [6.45, 7) is 1.70. The SMILES string of the molecule is O=S1(=O)CCCCC1CC1NCCCO1. The highest BCUT2D eigenvalue weighted by Gasteiger charge is 2.31.